The smallest absolute Gasteiger partial charge is 0.162 e. The van der Waals surface area contributed by atoms with Crippen molar-refractivity contribution in [1.82, 2.24) is 0 Å². The Morgan fingerprint density at radius 2 is 1.75 bits per heavy atom. The van der Waals surface area contributed by atoms with Gasteiger partial charge in [0.25, 0.3) is 0 Å². The predicted molar refractivity (Wildman–Crippen MR) is 77.9 cm³/mol. The van der Waals surface area contributed by atoms with Crippen molar-refractivity contribution >= 4 is 15.9 Å². The van der Waals surface area contributed by atoms with Crippen molar-refractivity contribution in [3.8, 4) is 11.5 Å². The van der Waals surface area contributed by atoms with Gasteiger partial charge in [0.05, 0.1) is 0 Å². The molecule has 20 heavy (non-hydrogen) atoms. The highest BCUT2D eigenvalue weighted by molar-refractivity contribution is 9.10. The molecular formula is C15H14BrF2NO. The highest BCUT2D eigenvalue weighted by Gasteiger charge is 2.07. The average molecular weight is 342 g/mol. The summed E-state index contributed by atoms with van der Waals surface area (Å²) in [4.78, 5) is 0. The summed E-state index contributed by atoms with van der Waals surface area (Å²) in [6.45, 7) is 1.93. The van der Waals surface area contributed by atoms with E-state index in [4.69, 9.17) is 10.5 Å². The van der Waals surface area contributed by atoms with E-state index in [2.05, 4.69) is 15.9 Å². The Bertz CT molecular complexity index is 617. The lowest BCUT2D eigenvalue weighted by atomic mass is 10.1. The van der Waals surface area contributed by atoms with E-state index in [9.17, 15) is 8.78 Å². The van der Waals surface area contributed by atoms with Crippen molar-refractivity contribution in [1.29, 1.82) is 0 Å². The quantitative estimate of drug-likeness (QED) is 0.893. The Hall–Kier alpha value is -1.46. The lowest BCUT2D eigenvalue weighted by molar-refractivity contribution is 0.461. The molecule has 106 valence electrons. The largest absolute Gasteiger partial charge is 0.457 e. The summed E-state index contributed by atoms with van der Waals surface area (Å²) in [5, 5.41) is 0. The van der Waals surface area contributed by atoms with Crippen LogP contribution in [0.5, 0.6) is 11.5 Å². The van der Waals surface area contributed by atoms with E-state index in [-0.39, 0.29) is 11.8 Å². The van der Waals surface area contributed by atoms with Crippen LogP contribution in [0.1, 0.15) is 12.5 Å². The summed E-state index contributed by atoms with van der Waals surface area (Å²) in [6, 6.07) is 8.92. The topological polar surface area (TPSA) is 35.2 Å². The molecule has 0 saturated heterocycles. The van der Waals surface area contributed by atoms with Gasteiger partial charge in [-0.05, 0) is 43.2 Å². The van der Waals surface area contributed by atoms with Gasteiger partial charge in [-0.2, -0.15) is 0 Å². The van der Waals surface area contributed by atoms with E-state index in [0.29, 0.717) is 5.75 Å². The number of ether oxygens (including phenoxy) is 1. The third-order valence-corrected chi connectivity index (χ3v) is 3.43. The van der Waals surface area contributed by atoms with E-state index in [1.807, 2.05) is 13.0 Å². The van der Waals surface area contributed by atoms with Crippen molar-refractivity contribution in [2.24, 2.45) is 5.73 Å². The van der Waals surface area contributed by atoms with Crippen LogP contribution in [-0.2, 0) is 6.42 Å². The van der Waals surface area contributed by atoms with Crippen molar-refractivity contribution in [2.45, 2.75) is 19.4 Å². The van der Waals surface area contributed by atoms with Crippen LogP contribution in [0.4, 0.5) is 8.78 Å². The normalized spacial score (nSPS) is 12.2. The number of rotatable bonds is 4. The second-order valence-electron chi connectivity index (χ2n) is 4.61. The zero-order valence-electron chi connectivity index (χ0n) is 10.9. The minimum Gasteiger partial charge on any atom is -0.457 e. The van der Waals surface area contributed by atoms with Crippen LogP contribution >= 0.6 is 15.9 Å². The molecule has 1 atom stereocenters. The SMILES string of the molecule is CC(N)Cc1ccc(Oc2ccc(F)c(F)c2)cc1Br. The number of benzene rings is 2. The molecule has 0 bridgehead atoms. The van der Waals surface area contributed by atoms with Gasteiger partial charge in [-0.25, -0.2) is 8.78 Å². The molecule has 2 aromatic rings. The van der Waals surface area contributed by atoms with E-state index in [1.54, 1.807) is 12.1 Å². The number of hydrogen-bond donors (Lipinski definition) is 1. The number of hydrogen-bond acceptors (Lipinski definition) is 2. The maximum atomic E-state index is 13.1. The fourth-order valence-corrected chi connectivity index (χ4v) is 2.30. The molecule has 1 unspecified atom stereocenters. The lowest BCUT2D eigenvalue weighted by Crippen LogP contribution is -2.17. The van der Waals surface area contributed by atoms with Crippen LogP contribution < -0.4 is 10.5 Å². The summed E-state index contributed by atoms with van der Waals surface area (Å²) in [5.74, 6) is -1.05. The monoisotopic (exact) mass is 341 g/mol. The van der Waals surface area contributed by atoms with Crippen LogP contribution in [-0.4, -0.2) is 6.04 Å². The van der Waals surface area contributed by atoms with Crippen LogP contribution in [0.2, 0.25) is 0 Å². The van der Waals surface area contributed by atoms with E-state index in [0.717, 1.165) is 28.6 Å². The van der Waals surface area contributed by atoms with Crippen molar-refractivity contribution in [2.75, 3.05) is 0 Å². The van der Waals surface area contributed by atoms with Gasteiger partial charge >= 0.3 is 0 Å². The Morgan fingerprint density at radius 1 is 1.10 bits per heavy atom. The third kappa shape index (κ3) is 3.77. The fourth-order valence-electron chi connectivity index (χ4n) is 1.78. The number of nitrogens with two attached hydrogens (primary N) is 1. The summed E-state index contributed by atoms with van der Waals surface area (Å²) in [6.07, 6.45) is 0.742. The molecule has 0 aliphatic heterocycles. The first-order valence-corrected chi connectivity index (χ1v) is 6.92. The average Bonchev–Trinajstić information content (AvgIpc) is 2.37. The molecule has 0 radical (unpaired) electrons. The summed E-state index contributed by atoms with van der Waals surface area (Å²) >= 11 is 3.45. The van der Waals surface area contributed by atoms with Crippen LogP contribution in [0.15, 0.2) is 40.9 Å². The van der Waals surface area contributed by atoms with Gasteiger partial charge in [0.15, 0.2) is 11.6 Å². The third-order valence-electron chi connectivity index (χ3n) is 2.69. The predicted octanol–water partition coefficient (Wildman–Crippen LogP) is 4.41. The van der Waals surface area contributed by atoms with E-state index < -0.39 is 11.6 Å². The second kappa shape index (κ2) is 6.33. The van der Waals surface area contributed by atoms with E-state index in [1.165, 1.54) is 6.07 Å². The van der Waals surface area contributed by atoms with Crippen molar-refractivity contribution < 1.29 is 13.5 Å². The minimum atomic E-state index is -0.935. The maximum Gasteiger partial charge on any atom is 0.162 e. The molecule has 2 aromatic carbocycles. The Balaban J connectivity index is 2.17. The van der Waals surface area contributed by atoms with Gasteiger partial charge in [-0.15, -0.1) is 0 Å². The van der Waals surface area contributed by atoms with Crippen molar-refractivity contribution in [3.63, 3.8) is 0 Å². The highest BCUT2D eigenvalue weighted by atomic mass is 79.9. The van der Waals surface area contributed by atoms with Crippen LogP contribution in [0.25, 0.3) is 0 Å². The van der Waals surface area contributed by atoms with E-state index >= 15 is 0 Å². The standard InChI is InChI=1S/C15H14BrF2NO/c1-9(19)6-10-2-3-11(7-13(10)16)20-12-4-5-14(17)15(18)8-12/h2-5,7-9H,6,19H2,1H3. The van der Waals surface area contributed by atoms with Gasteiger partial charge < -0.3 is 10.5 Å². The first-order chi connectivity index (χ1) is 9.45. The molecule has 2 nitrogen and oxygen atoms in total. The van der Waals surface area contributed by atoms with Crippen LogP contribution in [0.3, 0.4) is 0 Å². The zero-order chi connectivity index (χ0) is 14.7. The van der Waals surface area contributed by atoms with Crippen LogP contribution in [0, 0.1) is 11.6 Å². The molecule has 2 N–H and O–H groups in total. The Kier molecular flexibility index (Phi) is 4.73. The summed E-state index contributed by atoms with van der Waals surface area (Å²) in [5.41, 5.74) is 6.82. The van der Waals surface area contributed by atoms with Gasteiger partial charge in [0.2, 0.25) is 0 Å². The molecular weight excluding hydrogens is 328 g/mol. The zero-order valence-corrected chi connectivity index (χ0v) is 12.5. The molecule has 0 heterocycles. The van der Waals surface area contributed by atoms with Crippen molar-refractivity contribution in [3.05, 3.63) is 58.1 Å². The summed E-state index contributed by atoms with van der Waals surface area (Å²) < 4.78 is 32.3. The second-order valence-corrected chi connectivity index (χ2v) is 5.47. The lowest BCUT2D eigenvalue weighted by Gasteiger charge is -2.11. The molecule has 2 rings (SSSR count). The molecule has 0 fully saturated rings. The molecule has 0 amide bonds. The molecule has 0 aliphatic rings. The first-order valence-electron chi connectivity index (χ1n) is 6.12. The molecule has 0 aliphatic carbocycles. The van der Waals surface area contributed by atoms with Gasteiger partial charge in [-0.3, -0.25) is 0 Å². The Labute approximate surface area is 124 Å². The highest BCUT2D eigenvalue weighted by Crippen LogP contribution is 2.28. The summed E-state index contributed by atoms with van der Waals surface area (Å²) in [7, 11) is 0. The Morgan fingerprint density at radius 3 is 2.35 bits per heavy atom. The molecule has 0 saturated carbocycles. The molecule has 0 aromatic heterocycles. The first kappa shape index (κ1) is 14.9. The number of halogens is 3. The molecule has 0 spiro atoms. The fraction of sp³-hybridized carbons (Fsp3) is 0.200. The van der Waals surface area contributed by atoms with Gasteiger partial charge in [0.1, 0.15) is 11.5 Å². The minimum absolute atomic E-state index is 0.0595. The molecule has 5 heteroatoms. The van der Waals surface area contributed by atoms with Gasteiger partial charge in [-0.1, -0.05) is 22.0 Å². The maximum absolute atomic E-state index is 13.1. The van der Waals surface area contributed by atoms with Gasteiger partial charge in [0, 0.05) is 16.6 Å².